The predicted molar refractivity (Wildman–Crippen MR) is 124 cm³/mol. The van der Waals surface area contributed by atoms with Gasteiger partial charge in [0.25, 0.3) is 0 Å². The Bertz CT molecular complexity index is 683. The van der Waals surface area contributed by atoms with Crippen LogP contribution in [0.5, 0.6) is 0 Å². The van der Waals surface area contributed by atoms with Crippen LogP contribution in [0, 0.1) is 23.2 Å². The van der Waals surface area contributed by atoms with Crippen LogP contribution in [-0.2, 0) is 0 Å². The highest BCUT2D eigenvalue weighted by atomic mass is 16.3. The minimum absolute atomic E-state index is 0.360. The molecule has 0 heterocycles. The number of hydrogen-bond donors (Lipinski definition) is 3. The van der Waals surface area contributed by atoms with Gasteiger partial charge in [-0.2, -0.15) is 0 Å². The Morgan fingerprint density at radius 2 is 1.90 bits per heavy atom. The van der Waals surface area contributed by atoms with Gasteiger partial charge in [0, 0.05) is 0 Å². The Morgan fingerprint density at radius 3 is 2.60 bits per heavy atom. The van der Waals surface area contributed by atoms with Gasteiger partial charge in [0.05, 0.1) is 11.7 Å². The topological polar surface area (TPSA) is 60.7 Å². The molecular weight excluding hydrogens is 372 g/mol. The Labute approximate surface area is 184 Å². The van der Waals surface area contributed by atoms with Gasteiger partial charge < -0.3 is 15.3 Å². The van der Waals surface area contributed by atoms with Gasteiger partial charge in [-0.3, -0.25) is 0 Å². The molecule has 0 aromatic carbocycles. The fourth-order valence-electron chi connectivity index (χ4n) is 6.73. The van der Waals surface area contributed by atoms with E-state index in [9.17, 15) is 15.3 Å². The highest BCUT2D eigenvalue weighted by Crippen LogP contribution is 2.60. The molecule has 0 aromatic heterocycles. The van der Waals surface area contributed by atoms with Crippen LogP contribution in [0.15, 0.2) is 35.5 Å². The van der Waals surface area contributed by atoms with Gasteiger partial charge >= 0.3 is 0 Å². The molecule has 3 aliphatic rings. The van der Waals surface area contributed by atoms with Crippen molar-refractivity contribution >= 4 is 0 Å². The molecule has 0 radical (unpaired) electrons. The molecule has 0 bridgehead atoms. The summed E-state index contributed by atoms with van der Waals surface area (Å²) >= 11 is 0. The fraction of sp³-hybridized carbons (Fsp3) is 0.778. The minimum Gasteiger partial charge on any atom is -0.390 e. The maximum Gasteiger partial charge on any atom is 0.105 e. The second-order valence-corrected chi connectivity index (χ2v) is 11.3. The maximum atomic E-state index is 10.4. The highest BCUT2D eigenvalue weighted by molar-refractivity contribution is 5.39. The molecule has 3 fully saturated rings. The molecular formula is C27H44O3. The van der Waals surface area contributed by atoms with Crippen molar-refractivity contribution in [1.82, 2.24) is 0 Å². The van der Waals surface area contributed by atoms with E-state index in [0.717, 1.165) is 42.7 Å². The Hall–Kier alpha value is -0.900. The number of aliphatic hydroxyl groups is 3. The van der Waals surface area contributed by atoms with Gasteiger partial charge in [-0.25, -0.2) is 0 Å². The first-order valence-corrected chi connectivity index (χ1v) is 12.2. The maximum absolute atomic E-state index is 10.4. The van der Waals surface area contributed by atoms with E-state index in [2.05, 4.69) is 32.6 Å². The van der Waals surface area contributed by atoms with Gasteiger partial charge in [-0.1, -0.05) is 51.0 Å². The summed E-state index contributed by atoms with van der Waals surface area (Å²) in [5, 5.41) is 30.5. The second kappa shape index (κ2) is 9.30. The number of rotatable bonds is 6. The molecule has 0 amide bonds. The second-order valence-electron chi connectivity index (χ2n) is 11.3. The number of fused-ring (bicyclic) bond motifs is 1. The first kappa shape index (κ1) is 23.8. The molecule has 3 N–H and O–H groups in total. The van der Waals surface area contributed by atoms with Crippen LogP contribution in [-0.4, -0.2) is 33.1 Å². The summed E-state index contributed by atoms with van der Waals surface area (Å²) in [7, 11) is 0. The number of hydrogen-bond acceptors (Lipinski definition) is 3. The van der Waals surface area contributed by atoms with Crippen LogP contribution >= 0.6 is 0 Å². The molecule has 3 saturated carbocycles. The molecule has 170 valence electrons. The summed E-state index contributed by atoms with van der Waals surface area (Å²) in [6.45, 7) is 12.9. The molecule has 0 aliphatic heterocycles. The van der Waals surface area contributed by atoms with E-state index in [0.29, 0.717) is 23.7 Å². The van der Waals surface area contributed by atoms with Crippen molar-refractivity contribution in [3.05, 3.63) is 35.5 Å². The molecule has 5 unspecified atom stereocenters. The summed E-state index contributed by atoms with van der Waals surface area (Å²) < 4.78 is 0. The van der Waals surface area contributed by atoms with Gasteiger partial charge in [0.2, 0.25) is 0 Å². The third kappa shape index (κ3) is 5.11. The fourth-order valence-corrected chi connectivity index (χ4v) is 6.73. The molecule has 3 nitrogen and oxygen atoms in total. The molecule has 3 rings (SSSR count). The average molecular weight is 417 g/mol. The molecule has 0 saturated heterocycles. The summed E-state index contributed by atoms with van der Waals surface area (Å²) in [5.41, 5.74) is 3.12. The van der Waals surface area contributed by atoms with Gasteiger partial charge in [0.1, 0.15) is 6.10 Å². The lowest BCUT2D eigenvalue weighted by molar-refractivity contribution is 0.0299. The van der Waals surface area contributed by atoms with Crippen molar-refractivity contribution in [2.45, 2.75) is 110 Å². The normalized spacial score (nSPS) is 38.8. The Kier molecular flexibility index (Phi) is 7.37. The van der Waals surface area contributed by atoms with E-state index < -0.39 is 17.8 Å². The van der Waals surface area contributed by atoms with Crippen molar-refractivity contribution in [3.8, 4) is 0 Å². The largest absolute Gasteiger partial charge is 0.390 e. The van der Waals surface area contributed by atoms with E-state index in [-0.39, 0.29) is 0 Å². The first-order chi connectivity index (χ1) is 14.0. The lowest BCUT2D eigenvalue weighted by Crippen LogP contribution is -2.36. The monoisotopic (exact) mass is 416 g/mol. The lowest BCUT2D eigenvalue weighted by atomic mass is 9.60. The van der Waals surface area contributed by atoms with Crippen LogP contribution in [0.1, 0.15) is 91.9 Å². The summed E-state index contributed by atoms with van der Waals surface area (Å²) in [6, 6.07) is 0. The van der Waals surface area contributed by atoms with E-state index in [1.54, 1.807) is 0 Å². The summed E-state index contributed by atoms with van der Waals surface area (Å²) in [5.74, 6) is 2.07. The van der Waals surface area contributed by atoms with Gasteiger partial charge in [0.15, 0.2) is 0 Å². The number of aliphatic hydroxyl groups excluding tert-OH is 2. The average Bonchev–Trinajstić information content (AvgIpc) is 3.01. The van der Waals surface area contributed by atoms with Crippen LogP contribution in [0.25, 0.3) is 0 Å². The Morgan fingerprint density at radius 1 is 1.17 bits per heavy atom. The van der Waals surface area contributed by atoms with Crippen LogP contribution in [0.3, 0.4) is 0 Å². The molecule has 3 heteroatoms. The van der Waals surface area contributed by atoms with Gasteiger partial charge in [-0.15, -0.1) is 0 Å². The third-order valence-electron chi connectivity index (χ3n) is 8.48. The SMILES string of the molecule is C=C1CC[C@H](O)C(O)/C1=C/C=C1\CCCC2(C)C1CCC2C(C)CCCC(C)(C)O. The highest BCUT2D eigenvalue weighted by Gasteiger charge is 2.50. The van der Waals surface area contributed by atoms with E-state index in [4.69, 9.17) is 0 Å². The van der Waals surface area contributed by atoms with Crippen molar-refractivity contribution in [2.24, 2.45) is 23.2 Å². The molecule has 6 atom stereocenters. The standard InChI is InChI=1S/C27H44O3/c1-18-10-15-24(28)25(29)21(18)12-11-20-9-7-17-27(5)22(13-14-23(20)27)19(2)8-6-16-26(3,4)30/h11-12,19,22-25,28-30H,1,6-10,13-17H2,2-5H3/b20-11+,21-12+/t19?,22?,23?,24-,25?,27?/m0/s1. The van der Waals surface area contributed by atoms with Crippen molar-refractivity contribution in [3.63, 3.8) is 0 Å². The number of allylic oxidation sites excluding steroid dienone is 3. The van der Waals surface area contributed by atoms with E-state index in [1.165, 1.54) is 37.7 Å². The van der Waals surface area contributed by atoms with E-state index >= 15 is 0 Å². The Balaban J connectivity index is 1.72. The minimum atomic E-state index is -0.801. The summed E-state index contributed by atoms with van der Waals surface area (Å²) in [6.07, 6.45) is 13.6. The third-order valence-corrected chi connectivity index (χ3v) is 8.48. The van der Waals surface area contributed by atoms with E-state index in [1.807, 2.05) is 13.8 Å². The lowest BCUT2D eigenvalue weighted by Gasteiger charge is -2.44. The smallest absolute Gasteiger partial charge is 0.105 e. The van der Waals surface area contributed by atoms with Crippen LogP contribution in [0.4, 0.5) is 0 Å². The zero-order valence-corrected chi connectivity index (χ0v) is 19.7. The molecule has 0 spiro atoms. The quantitative estimate of drug-likeness (QED) is 0.520. The van der Waals surface area contributed by atoms with Crippen molar-refractivity contribution in [1.29, 1.82) is 0 Å². The van der Waals surface area contributed by atoms with Crippen molar-refractivity contribution < 1.29 is 15.3 Å². The molecule has 30 heavy (non-hydrogen) atoms. The zero-order valence-electron chi connectivity index (χ0n) is 19.7. The zero-order chi connectivity index (χ0) is 22.1. The van der Waals surface area contributed by atoms with Crippen LogP contribution in [0.2, 0.25) is 0 Å². The van der Waals surface area contributed by atoms with Crippen molar-refractivity contribution in [2.75, 3.05) is 0 Å². The molecule has 3 aliphatic carbocycles. The van der Waals surface area contributed by atoms with Crippen LogP contribution < -0.4 is 0 Å². The molecule has 0 aromatic rings. The summed E-state index contributed by atoms with van der Waals surface area (Å²) in [4.78, 5) is 0. The van der Waals surface area contributed by atoms with Gasteiger partial charge in [-0.05, 0) is 99.5 Å². The predicted octanol–water partition coefficient (Wildman–Crippen LogP) is 5.70. The first-order valence-electron chi connectivity index (χ1n) is 12.2.